The molecule has 0 aliphatic carbocycles. The number of hydrogen-bond acceptors (Lipinski definition) is 4. The molecule has 0 radical (unpaired) electrons. The average molecular weight is 383 g/mol. The van der Waals surface area contributed by atoms with E-state index in [1.54, 1.807) is 24.3 Å². The molecule has 3 amide bonds. The number of ether oxygens (including phenoxy) is 1. The standard InChI is InChI=1S/C15H15BrN2O5/c1-2-5-18-14(21)11(17-15(18)22)7-9-3-4-12(10(16)6-9)23-8-13(19)20/h3-4,6-7H,2,5,8H2,1H3,(H,17,22)(H,19,20). The normalized spacial score (nSPS) is 15.9. The van der Waals surface area contributed by atoms with Gasteiger partial charge in [0.2, 0.25) is 0 Å². The molecule has 1 aromatic carbocycles. The van der Waals surface area contributed by atoms with Gasteiger partial charge in [0.05, 0.1) is 4.47 Å². The lowest BCUT2D eigenvalue weighted by Crippen LogP contribution is -2.31. The lowest BCUT2D eigenvalue weighted by atomic mass is 10.2. The molecule has 1 heterocycles. The first-order valence-corrected chi connectivity index (χ1v) is 7.70. The van der Waals surface area contributed by atoms with Crippen LogP contribution in [0, 0.1) is 0 Å². The van der Waals surface area contributed by atoms with Crippen molar-refractivity contribution in [3.05, 3.63) is 33.9 Å². The zero-order valence-corrected chi connectivity index (χ0v) is 13.9. The summed E-state index contributed by atoms with van der Waals surface area (Å²) >= 11 is 3.28. The van der Waals surface area contributed by atoms with E-state index >= 15 is 0 Å². The lowest BCUT2D eigenvalue weighted by molar-refractivity contribution is -0.139. The van der Waals surface area contributed by atoms with E-state index in [9.17, 15) is 14.4 Å². The van der Waals surface area contributed by atoms with Gasteiger partial charge in [-0.05, 0) is 46.1 Å². The number of carboxylic acid groups (broad SMARTS) is 1. The molecule has 1 fully saturated rings. The summed E-state index contributed by atoms with van der Waals surface area (Å²) in [7, 11) is 0. The molecular formula is C15H15BrN2O5. The SMILES string of the molecule is CCCN1C(=O)NC(=Cc2ccc(OCC(=O)O)c(Br)c2)C1=O. The van der Waals surface area contributed by atoms with Gasteiger partial charge in [-0.3, -0.25) is 9.69 Å². The number of amides is 3. The van der Waals surface area contributed by atoms with Crippen molar-refractivity contribution in [2.24, 2.45) is 0 Å². The summed E-state index contributed by atoms with van der Waals surface area (Å²) in [5, 5.41) is 11.1. The molecule has 1 aliphatic rings. The van der Waals surface area contributed by atoms with Crippen molar-refractivity contribution in [2.45, 2.75) is 13.3 Å². The molecule has 0 saturated carbocycles. The van der Waals surface area contributed by atoms with E-state index in [2.05, 4.69) is 21.2 Å². The van der Waals surface area contributed by atoms with Crippen molar-refractivity contribution >= 4 is 39.9 Å². The lowest BCUT2D eigenvalue weighted by Gasteiger charge is -2.08. The van der Waals surface area contributed by atoms with Crippen LogP contribution in [0.25, 0.3) is 6.08 Å². The Morgan fingerprint density at radius 2 is 2.17 bits per heavy atom. The number of aliphatic carboxylic acids is 1. The fourth-order valence-corrected chi connectivity index (χ4v) is 2.54. The van der Waals surface area contributed by atoms with Crippen LogP contribution in [0.4, 0.5) is 4.79 Å². The van der Waals surface area contributed by atoms with E-state index in [4.69, 9.17) is 9.84 Å². The summed E-state index contributed by atoms with van der Waals surface area (Å²) < 4.78 is 5.65. The van der Waals surface area contributed by atoms with Crippen molar-refractivity contribution in [1.82, 2.24) is 10.2 Å². The molecule has 0 bridgehead atoms. The molecule has 1 aromatic rings. The van der Waals surface area contributed by atoms with Crippen LogP contribution in [0.15, 0.2) is 28.4 Å². The van der Waals surface area contributed by atoms with Crippen LogP contribution in [-0.2, 0) is 9.59 Å². The zero-order chi connectivity index (χ0) is 17.0. The molecule has 8 heteroatoms. The Hall–Kier alpha value is -2.35. The number of rotatable bonds is 6. The third-order valence-corrected chi connectivity index (χ3v) is 3.65. The number of carboxylic acids is 1. The second-order valence-electron chi connectivity index (χ2n) is 4.82. The zero-order valence-electron chi connectivity index (χ0n) is 12.3. The Bertz CT molecular complexity index is 686. The van der Waals surface area contributed by atoms with Crippen LogP contribution < -0.4 is 10.1 Å². The maximum Gasteiger partial charge on any atom is 0.341 e. The number of carbonyl (C=O) groups excluding carboxylic acids is 2. The van der Waals surface area contributed by atoms with Gasteiger partial charge in [0, 0.05) is 6.54 Å². The first-order valence-electron chi connectivity index (χ1n) is 6.91. The Balaban J connectivity index is 2.17. The first kappa shape index (κ1) is 17.0. The summed E-state index contributed by atoms with van der Waals surface area (Å²) in [6, 6.07) is 4.50. The highest BCUT2D eigenvalue weighted by Gasteiger charge is 2.32. The summed E-state index contributed by atoms with van der Waals surface area (Å²) in [5.74, 6) is -1.05. The average Bonchev–Trinajstić information content (AvgIpc) is 2.74. The highest BCUT2D eigenvalue weighted by Crippen LogP contribution is 2.27. The number of benzene rings is 1. The number of carbonyl (C=O) groups is 3. The van der Waals surface area contributed by atoms with Gasteiger partial charge in [-0.1, -0.05) is 13.0 Å². The molecule has 23 heavy (non-hydrogen) atoms. The topological polar surface area (TPSA) is 95.9 Å². The molecule has 2 rings (SSSR count). The second kappa shape index (κ2) is 7.28. The number of halogens is 1. The van der Waals surface area contributed by atoms with Gasteiger partial charge in [0.1, 0.15) is 11.4 Å². The van der Waals surface area contributed by atoms with Crippen LogP contribution in [0.1, 0.15) is 18.9 Å². The Morgan fingerprint density at radius 1 is 1.43 bits per heavy atom. The van der Waals surface area contributed by atoms with E-state index in [0.717, 1.165) is 4.90 Å². The molecule has 0 atom stereocenters. The largest absolute Gasteiger partial charge is 0.481 e. The van der Waals surface area contributed by atoms with Crippen LogP contribution in [0.5, 0.6) is 5.75 Å². The minimum Gasteiger partial charge on any atom is -0.481 e. The van der Waals surface area contributed by atoms with E-state index in [1.807, 2.05) is 6.92 Å². The number of imide groups is 1. The predicted molar refractivity (Wildman–Crippen MR) is 85.8 cm³/mol. The molecule has 0 spiro atoms. The van der Waals surface area contributed by atoms with Crippen LogP contribution >= 0.6 is 15.9 Å². The summed E-state index contributed by atoms with van der Waals surface area (Å²) in [6.45, 7) is 1.81. The number of urea groups is 1. The van der Waals surface area contributed by atoms with Crippen molar-refractivity contribution in [2.75, 3.05) is 13.2 Å². The van der Waals surface area contributed by atoms with E-state index in [1.165, 1.54) is 0 Å². The maximum absolute atomic E-state index is 12.1. The minimum atomic E-state index is -1.07. The highest BCUT2D eigenvalue weighted by molar-refractivity contribution is 9.10. The van der Waals surface area contributed by atoms with Gasteiger partial charge in [-0.15, -0.1) is 0 Å². The molecular weight excluding hydrogens is 368 g/mol. The van der Waals surface area contributed by atoms with E-state index < -0.39 is 18.6 Å². The highest BCUT2D eigenvalue weighted by atomic mass is 79.9. The van der Waals surface area contributed by atoms with Crippen molar-refractivity contribution in [1.29, 1.82) is 0 Å². The molecule has 7 nitrogen and oxygen atoms in total. The number of nitrogens with one attached hydrogen (secondary N) is 1. The molecule has 1 aliphatic heterocycles. The van der Waals surface area contributed by atoms with Crippen molar-refractivity contribution in [3.8, 4) is 5.75 Å². The van der Waals surface area contributed by atoms with Gasteiger partial charge < -0.3 is 15.2 Å². The Kier molecular flexibility index (Phi) is 5.38. The monoisotopic (exact) mass is 382 g/mol. The van der Waals surface area contributed by atoms with Crippen LogP contribution in [-0.4, -0.2) is 41.1 Å². The maximum atomic E-state index is 12.1. The van der Waals surface area contributed by atoms with Gasteiger partial charge in [-0.25, -0.2) is 9.59 Å². The quantitative estimate of drug-likeness (QED) is 0.580. The molecule has 0 unspecified atom stereocenters. The van der Waals surface area contributed by atoms with Gasteiger partial charge in [-0.2, -0.15) is 0 Å². The first-order chi connectivity index (χ1) is 10.9. The molecule has 1 saturated heterocycles. The second-order valence-corrected chi connectivity index (χ2v) is 5.67. The third kappa shape index (κ3) is 4.10. The fraction of sp³-hybridized carbons (Fsp3) is 0.267. The molecule has 2 N–H and O–H groups in total. The fourth-order valence-electron chi connectivity index (χ4n) is 2.03. The summed E-state index contributed by atoms with van der Waals surface area (Å²) in [5.41, 5.74) is 0.871. The minimum absolute atomic E-state index is 0.203. The predicted octanol–water partition coefficient (Wildman–Crippen LogP) is 2.22. The Labute approximate surface area is 141 Å². The van der Waals surface area contributed by atoms with Crippen molar-refractivity contribution < 1.29 is 24.2 Å². The van der Waals surface area contributed by atoms with Gasteiger partial charge in [0.25, 0.3) is 5.91 Å². The number of hydrogen-bond donors (Lipinski definition) is 2. The molecule has 0 aromatic heterocycles. The van der Waals surface area contributed by atoms with Crippen LogP contribution in [0.2, 0.25) is 0 Å². The van der Waals surface area contributed by atoms with E-state index in [0.29, 0.717) is 28.8 Å². The Morgan fingerprint density at radius 3 is 2.78 bits per heavy atom. The van der Waals surface area contributed by atoms with Gasteiger partial charge in [0.15, 0.2) is 6.61 Å². The smallest absolute Gasteiger partial charge is 0.341 e. The number of nitrogens with zero attached hydrogens (tertiary/aromatic N) is 1. The summed E-state index contributed by atoms with van der Waals surface area (Å²) in [6.07, 6.45) is 2.25. The molecule has 122 valence electrons. The third-order valence-electron chi connectivity index (χ3n) is 3.03. The summed E-state index contributed by atoms with van der Waals surface area (Å²) in [4.78, 5) is 35.5. The van der Waals surface area contributed by atoms with E-state index in [-0.39, 0.29) is 11.6 Å². The van der Waals surface area contributed by atoms with Gasteiger partial charge >= 0.3 is 12.0 Å². The van der Waals surface area contributed by atoms with Crippen molar-refractivity contribution in [3.63, 3.8) is 0 Å². The van der Waals surface area contributed by atoms with Crippen LogP contribution in [0.3, 0.4) is 0 Å².